The summed E-state index contributed by atoms with van der Waals surface area (Å²) < 4.78 is 6.13. The van der Waals surface area contributed by atoms with Gasteiger partial charge >= 0.3 is 11.5 Å². The molecule has 0 aliphatic heterocycles. The molecule has 0 radical (unpaired) electrons. The fourth-order valence-corrected chi connectivity index (χ4v) is 4.55. The Kier molecular flexibility index (Phi) is 4.05. The number of nitrogens with one attached hydrogen (secondary N) is 1. The molecule has 1 aromatic heterocycles. The number of methoxy groups -OCH3 is 1. The van der Waals surface area contributed by atoms with Crippen molar-refractivity contribution in [3.8, 4) is 5.75 Å². The highest BCUT2D eigenvalue weighted by Gasteiger charge is 2.56. The van der Waals surface area contributed by atoms with Gasteiger partial charge in [0.25, 0.3) is 0 Å². The van der Waals surface area contributed by atoms with Crippen LogP contribution in [0.15, 0.2) is 11.0 Å². The molecule has 1 unspecified atom stereocenters. The monoisotopic (exact) mass is 335 g/mol. The van der Waals surface area contributed by atoms with Gasteiger partial charge < -0.3 is 15.2 Å². The first kappa shape index (κ1) is 16.8. The van der Waals surface area contributed by atoms with Gasteiger partial charge in [0.1, 0.15) is 12.2 Å². The molecule has 4 atom stereocenters. The van der Waals surface area contributed by atoms with E-state index >= 15 is 0 Å². The maximum absolute atomic E-state index is 12.3. The molecule has 1 heterocycles. The first-order valence-electron chi connectivity index (χ1n) is 8.38. The number of anilines is 1. The maximum atomic E-state index is 12.3. The van der Waals surface area contributed by atoms with Crippen molar-refractivity contribution in [3.63, 3.8) is 0 Å². The minimum Gasteiger partial charge on any atom is -0.490 e. The third kappa shape index (κ3) is 2.56. The van der Waals surface area contributed by atoms with E-state index in [9.17, 15) is 9.59 Å². The highest BCUT2D eigenvalue weighted by molar-refractivity contribution is 5.66. The Morgan fingerprint density at radius 1 is 1.50 bits per heavy atom. The second kappa shape index (κ2) is 5.79. The third-order valence-corrected chi connectivity index (χ3v) is 6.18. The van der Waals surface area contributed by atoms with Crippen molar-refractivity contribution < 1.29 is 14.6 Å². The van der Waals surface area contributed by atoms with Crippen molar-refractivity contribution in [2.45, 2.75) is 46.2 Å². The average Bonchev–Trinajstić information content (AvgIpc) is 2.51. The number of hydrogen-bond donors (Lipinski definition) is 2. The Bertz CT molecular complexity index is 712. The summed E-state index contributed by atoms with van der Waals surface area (Å²) in [5.74, 6) is 0.881. The van der Waals surface area contributed by atoms with Crippen molar-refractivity contribution in [2.75, 3.05) is 12.4 Å². The van der Waals surface area contributed by atoms with Gasteiger partial charge in [0.2, 0.25) is 5.75 Å². The minimum absolute atomic E-state index is 0.122. The largest absolute Gasteiger partial charge is 0.490 e. The lowest BCUT2D eigenvalue weighted by molar-refractivity contribution is -0.138. The molecule has 3 aliphatic rings. The van der Waals surface area contributed by atoms with Crippen LogP contribution in [0, 0.1) is 23.2 Å². The van der Waals surface area contributed by atoms with Crippen LogP contribution in [0.25, 0.3) is 0 Å². The van der Waals surface area contributed by atoms with E-state index in [1.807, 2.05) is 0 Å². The van der Waals surface area contributed by atoms with Crippen LogP contribution >= 0.6 is 0 Å². The molecule has 0 amide bonds. The van der Waals surface area contributed by atoms with E-state index in [2.05, 4.69) is 31.2 Å². The van der Waals surface area contributed by atoms with Gasteiger partial charge in [-0.15, -0.1) is 0 Å². The van der Waals surface area contributed by atoms with Gasteiger partial charge in [0.05, 0.1) is 13.3 Å². The number of ether oxygens (including phenoxy) is 1. The van der Waals surface area contributed by atoms with Crippen LogP contribution in [0.5, 0.6) is 5.75 Å². The Hall–Kier alpha value is -2.05. The van der Waals surface area contributed by atoms with Crippen LogP contribution < -0.4 is 15.6 Å². The SMILES string of the molecule is COc1c(NC2C[C@@H]3C[C@H]([C@H]2C)C3(C)C)cnn(CC(=O)O)c1=O. The molecule has 3 aliphatic carbocycles. The molecule has 7 nitrogen and oxygen atoms in total. The number of fused-ring (bicyclic) bond motifs is 2. The van der Waals surface area contributed by atoms with E-state index in [0.717, 1.165) is 11.1 Å². The summed E-state index contributed by atoms with van der Waals surface area (Å²) in [6.07, 6.45) is 3.83. The van der Waals surface area contributed by atoms with Gasteiger partial charge in [0, 0.05) is 6.04 Å². The molecule has 3 saturated carbocycles. The molecule has 2 bridgehead atoms. The van der Waals surface area contributed by atoms with Gasteiger partial charge in [-0.1, -0.05) is 20.8 Å². The molecular weight excluding hydrogens is 310 g/mol. The molecule has 0 aromatic carbocycles. The lowest BCUT2D eigenvalue weighted by Crippen LogP contribution is -2.58. The van der Waals surface area contributed by atoms with Crippen molar-refractivity contribution in [3.05, 3.63) is 16.6 Å². The van der Waals surface area contributed by atoms with Crippen molar-refractivity contribution in [2.24, 2.45) is 23.2 Å². The van der Waals surface area contributed by atoms with Crippen LogP contribution in [-0.2, 0) is 11.3 Å². The number of aliphatic carboxylic acids is 1. The number of carbonyl (C=O) groups is 1. The second-order valence-electron chi connectivity index (χ2n) is 7.65. The Balaban J connectivity index is 1.82. The fourth-order valence-electron chi connectivity index (χ4n) is 4.55. The molecule has 2 N–H and O–H groups in total. The van der Waals surface area contributed by atoms with Crippen LogP contribution in [-0.4, -0.2) is 34.0 Å². The number of hydrogen-bond acceptors (Lipinski definition) is 5. The van der Waals surface area contributed by atoms with Gasteiger partial charge in [-0.2, -0.15) is 5.10 Å². The number of rotatable bonds is 5. The van der Waals surface area contributed by atoms with Gasteiger partial charge in [-0.05, 0) is 36.0 Å². The summed E-state index contributed by atoms with van der Waals surface area (Å²) in [6, 6.07) is 0.271. The fraction of sp³-hybridized carbons (Fsp3) is 0.706. The summed E-state index contributed by atoms with van der Waals surface area (Å²) in [6.45, 7) is 6.46. The van der Waals surface area contributed by atoms with E-state index in [0.29, 0.717) is 28.9 Å². The Morgan fingerprint density at radius 2 is 2.21 bits per heavy atom. The Morgan fingerprint density at radius 3 is 2.75 bits per heavy atom. The van der Waals surface area contributed by atoms with Crippen molar-refractivity contribution in [1.29, 1.82) is 0 Å². The lowest BCUT2D eigenvalue weighted by atomic mass is 9.45. The van der Waals surface area contributed by atoms with Crippen molar-refractivity contribution in [1.82, 2.24) is 9.78 Å². The topological polar surface area (TPSA) is 93.4 Å². The molecule has 7 heteroatoms. The second-order valence-corrected chi connectivity index (χ2v) is 7.65. The number of nitrogens with zero attached hydrogens (tertiary/aromatic N) is 2. The molecule has 0 saturated heterocycles. The van der Waals surface area contributed by atoms with Crippen LogP contribution in [0.1, 0.15) is 33.6 Å². The van der Waals surface area contributed by atoms with E-state index in [4.69, 9.17) is 9.84 Å². The van der Waals surface area contributed by atoms with Crippen molar-refractivity contribution >= 4 is 11.7 Å². The number of aromatic nitrogens is 2. The first-order valence-corrected chi connectivity index (χ1v) is 8.38. The molecule has 24 heavy (non-hydrogen) atoms. The predicted octanol–water partition coefficient (Wildman–Crippen LogP) is 1.82. The zero-order valence-electron chi connectivity index (χ0n) is 14.6. The molecular formula is C17H25N3O4. The van der Waals surface area contributed by atoms with Crippen LogP contribution in [0.3, 0.4) is 0 Å². The quantitative estimate of drug-likeness (QED) is 0.852. The molecule has 132 valence electrons. The highest BCUT2D eigenvalue weighted by Crippen LogP contribution is 2.61. The van der Waals surface area contributed by atoms with Gasteiger partial charge in [-0.3, -0.25) is 9.59 Å². The van der Waals surface area contributed by atoms with Crippen LogP contribution in [0.4, 0.5) is 5.69 Å². The van der Waals surface area contributed by atoms with Gasteiger partial charge in [0.15, 0.2) is 0 Å². The molecule has 4 rings (SSSR count). The smallest absolute Gasteiger partial charge is 0.325 e. The van der Waals surface area contributed by atoms with E-state index in [1.165, 1.54) is 19.7 Å². The third-order valence-electron chi connectivity index (χ3n) is 6.18. The summed E-state index contributed by atoms with van der Waals surface area (Å²) >= 11 is 0. The summed E-state index contributed by atoms with van der Waals surface area (Å²) in [7, 11) is 1.41. The average molecular weight is 335 g/mol. The highest BCUT2D eigenvalue weighted by atomic mass is 16.5. The Labute approximate surface area is 141 Å². The van der Waals surface area contributed by atoms with Gasteiger partial charge in [-0.25, -0.2) is 4.68 Å². The zero-order chi connectivity index (χ0) is 17.6. The van der Waals surface area contributed by atoms with E-state index in [-0.39, 0.29) is 11.8 Å². The summed E-state index contributed by atoms with van der Waals surface area (Å²) in [5.41, 5.74) is 0.407. The molecule has 3 fully saturated rings. The molecule has 0 spiro atoms. The first-order chi connectivity index (χ1) is 11.3. The summed E-state index contributed by atoms with van der Waals surface area (Å²) in [5, 5.41) is 16.2. The summed E-state index contributed by atoms with van der Waals surface area (Å²) in [4.78, 5) is 23.1. The standard InChI is InChI=1S/C17H25N3O4/c1-9-11-5-10(17(11,2)3)6-12(9)19-13-7-18-20(8-14(21)22)16(23)15(13)24-4/h7,9-12,19H,5-6,8H2,1-4H3,(H,21,22)/t9-,10+,11-,12?/m1/s1. The normalized spacial score (nSPS) is 30.3. The minimum atomic E-state index is -1.12. The van der Waals surface area contributed by atoms with Crippen LogP contribution in [0.2, 0.25) is 0 Å². The zero-order valence-corrected chi connectivity index (χ0v) is 14.6. The maximum Gasteiger partial charge on any atom is 0.325 e. The number of carboxylic acid groups (broad SMARTS) is 1. The number of carboxylic acids is 1. The predicted molar refractivity (Wildman–Crippen MR) is 89.3 cm³/mol. The lowest BCUT2D eigenvalue weighted by Gasteiger charge is -2.62. The van der Waals surface area contributed by atoms with E-state index < -0.39 is 18.1 Å². The van der Waals surface area contributed by atoms with E-state index in [1.54, 1.807) is 0 Å². The molecule has 1 aromatic rings.